The SMILES string of the molecule is Cn1cc(C(=O)NC23CCC(C4=CCC=C42)C3(C)C)c(C(F)F)n1. The quantitative estimate of drug-likeness (QED) is 0.920. The van der Waals surface area contributed by atoms with Crippen LogP contribution in [0.3, 0.4) is 0 Å². The highest BCUT2D eigenvalue weighted by Crippen LogP contribution is 2.66. The van der Waals surface area contributed by atoms with Gasteiger partial charge >= 0.3 is 0 Å². The zero-order chi connectivity index (χ0) is 17.3. The van der Waals surface area contributed by atoms with Gasteiger partial charge in [0.15, 0.2) is 0 Å². The van der Waals surface area contributed by atoms with Crippen molar-refractivity contribution in [2.24, 2.45) is 18.4 Å². The Morgan fingerprint density at radius 1 is 1.42 bits per heavy atom. The van der Waals surface area contributed by atoms with Crippen molar-refractivity contribution >= 4 is 5.91 Å². The van der Waals surface area contributed by atoms with Gasteiger partial charge in [-0.2, -0.15) is 5.10 Å². The molecule has 4 rings (SSSR count). The highest BCUT2D eigenvalue weighted by atomic mass is 19.3. The van der Waals surface area contributed by atoms with Gasteiger partial charge in [-0.05, 0) is 41.7 Å². The van der Waals surface area contributed by atoms with Crippen molar-refractivity contribution in [3.63, 3.8) is 0 Å². The molecule has 2 fully saturated rings. The molecular formula is C18H21F2N3O. The van der Waals surface area contributed by atoms with Crippen LogP contribution in [0.2, 0.25) is 0 Å². The predicted molar refractivity (Wildman–Crippen MR) is 85.7 cm³/mol. The molecule has 3 aliphatic carbocycles. The lowest BCUT2D eigenvalue weighted by molar-refractivity contribution is 0.0845. The molecule has 4 nitrogen and oxygen atoms in total. The average Bonchev–Trinajstić information content (AvgIpc) is 3.20. The predicted octanol–water partition coefficient (Wildman–Crippen LogP) is 3.53. The molecule has 0 saturated heterocycles. The van der Waals surface area contributed by atoms with E-state index in [0.29, 0.717) is 5.92 Å². The maximum Gasteiger partial charge on any atom is 0.282 e. The molecule has 1 aromatic heterocycles. The number of fused-ring (bicyclic) bond motifs is 5. The first-order valence-electron chi connectivity index (χ1n) is 8.33. The summed E-state index contributed by atoms with van der Waals surface area (Å²) < 4.78 is 27.7. The van der Waals surface area contributed by atoms with Gasteiger partial charge in [0, 0.05) is 13.2 Å². The summed E-state index contributed by atoms with van der Waals surface area (Å²) in [5, 5.41) is 6.88. The number of hydrogen-bond donors (Lipinski definition) is 1. The van der Waals surface area contributed by atoms with E-state index in [2.05, 4.69) is 36.4 Å². The number of carbonyl (C=O) groups excluding carboxylic acids is 1. The molecule has 1 N–H and O–H groups in total. The standard InChI is InChI=1S/C18H21F2N3O/c1-17(2)12-7-8-18(17,13-6-4-5-10(12)13)21-16(24)11-9-23(3)22-14(11)15(19)20/h5-6,9,12,15H,4,7-8H2,1-3H3,(H,21,24). The van der Waals surface area contributed by atoms with Gasteiger partial charge < -0.3 is 5.32 Å². The monoisotopic (exact) mass is 333 g/mol. The number of halogens is 2. The molecule has 2 saturated carbocycles. The molecule has 1 heterocycles. The summed E-state index contributed by atoms with van der Waals surface area (Å²) >= 11 is 0. The van der Waals surface area contributed by atoms with Crippen LogP contribution in [0.1, 0.15) is 55.6 Å². The Labute approximate surface area is 139 Å². The number of nitrogens with zero attached hydrogens (tertiary/aromatic N) is 2. The Bertz CT molecular complexity index is 790. The molecule has 3 aliphatic rings. The van der Waals surface area contributed by atoms with Crippen LogP contribution in [0.15, 0.2) is 29.5 Å². The van der Waals surface area contributed by atoms with Gasteiger partial charge in [0.05, 0.1) is 11.1 Å². The van der Waals surface area contributed by atoms with Crippen LogP contribution in [0.4, 0.5) is 8.78 Å². The summed E-state index contributed by atoms with van der Waals surface area (Å²) in [5.41, 5.74) is 1.47. The molecular weight excluding hydrogens is 312 g/mol. The third kappa shape index (κ3) is 1.77. The minimum atomic E-state index is -2.77. The number of nitrogens with one attached hydrogen (secondary N) is 1. The summed E-state index contributed by atoms with van der Waals surface area (Å²) in [7, 11) is 1.55. The number of carbonyl (C=O) groups is 1. The van der Waals surface area contributed by atoms with Gasteiger partial charge in [-0.25, -0.2) is 8.78 Å². The molecule has 1 amide bonds. The first kappa shape index (κ1) is 15.5. The number of alkyl halides is 2. The molecule has 0 radical (unpaired) electrons. The van der Waals surface area contributed by atoms with Gasteiger partial charge in [0.2, 0.25) is 0 Å². The maximum atomic E-state index is 13.2. The van der Waals surface area contributed by atoms with Crippen molar-refractivity contribution in [2.45, 2.75) is 45.1 Å². The smallest absolute Gasteiger partial charge is 0.282 e. The van der Waals surface area contributed by atoms with Crippen LogP contribution in [-0.2, 0) is 7.05 Å². The van der Waals surface area contributed by atoms with E-state index >= 15 is 0 Å². The Morgan fingerprint density at radius 3 is 2.88 bits per heavy atom. The van der Waals surface area contributed by atoms with Gasteiger partial charge in [0.25, 0.3) is 12.3 Å². The van der Waals surface area contributed by atoms with E-state index in [0.717, 1.165) is 19.3 Å². The van der Waals surface area contributed by atoms with Crippen molar-refractivity contribution < 1.29 is 13.6 Å². The molecule has 1 aromatic rings. The van der Waals surface area contributed by atoms with Gasteiger partial charge in [-0.15, -0.1) is 0 Å². The maximum absolute atomic E-state index is 13.2. The number of allylic oxidation sites excluding steroid dienone is 2. The topological polar surface area (TPSA) is 46.9 Å². The van der Waals surface area contributed by atoms with Gasteiger partial charge in [-0.3, -0.25) is 9.48 Å². The van der Waals surface area contributed by atoms with Crippen LogP contribution >= 0.6 is 0 Å². The van der Waals surface area contributed by atoms with E-state index in [4.69, 9.17) is 0 Å². The second-order valence-electron chi connectivity index (χ2n) is 7.59. The Morgan fingerprint density at radius 2 is 2.17 bits per heavy atom. The van der Waals surface area contributed by atoms with Crippen LogP contribution < -0.4 is 5.32 Å². The zero-order valence-corrected chi connectivity index (χ0v) is 14.1. The summed E-state index contributed by atoms with van der Waals surface area (Å²) in [6, 6.07) is 0. The summed E-state index contributed by atoms with van der Waals surface area (Å²) in [5.74, 6) is -0.0313. The van der Waals surface area contributed by atoms with Crippen molar-refractivity contribution in [3.05, 3.63) is 40.8 Å². The highest BCUT2D eigenvalue weighted by molar-refractivity contribution is 5.96. The van der Waals surface area contributed by atoms with Crippen molar-refractivity contribution in [1.82, 2.24) is 15.1 Å². The first-order valence-corrected chi connectivity index (χ1v) is 8.33. The third-order valence-electron chi connectivity index (χ3n) is 6.22. The van der Waals surface area contributed by atoms with E-state index in [1.807, 2.05) is 0 Å². The van der Waals surface area contributed by atoms with E-state index in [-0.39, 0.29) is 11.0 Å². The van der Waals surface area contributed by atoms with Crippen LogP contribution in [0.5, 0.6) is 0 Å². The Hall–Kier alpha value is -1.98. The number of amides is 1. The average molecular weight is 333 g/mol. The van der Waals surface area contributed by atoms with E-state index in [9.17, 15) is 13.6 Å². The first-order chi connectivity index (χ1) is 11.3. The van der Waals surface area contributed by atoms with Crippen molar-refractivity contribution in [1.29, 1.82) is 0 Å². The lowest BCUT2D eigenvalue weighted by Crippen LogP contribution is -2.54. The van der Waals surface area contributed by atoms with Crippen molar-refractivity contribution in [2.75, 3.05) is 0 Å². The third-order valence-corrected chi connectivity index (χ3v) is 6.22. The molecule has 2 unspecified atom stereocenters. The summed E-state index contributed by atoms with van der Waals surface area (Å²) in [6.45, 7) is 4.34. The number of aryl methyl sites for hydroxylation is 1. The fourth-order valence-electron chi connectivity index (χ4n) is 5.04. The minimum absolute atomic E-state index is 0.0304. The van der Waals surface area contributed by atoms with Gasteiger partial charge in [-0.1, -0.05) is 26.0 Å². The zero-order valence-electron chi connectivity index (χ0n) is 14.1. The molecule has 6 heteroatoms. The van der Waals surface area contributed by atoms with Gasteiger partial charge in [0.1, 0.15) is 5.69 Å². The molecule has 0 aromatic carbocycles. The normalized spacial score (nSPS) is 29.7. The van der Waals surface area contributed by atoms with Crippen LogP contribution in [0, 0.1) is 11.3 Å². The van der Waals surface area contributed by atoms with Crippen molar-refractivity contribution in [3.8, 4) is 0 Å². The molecule has 24 heavy (non-hydrogen) atoms. The fourth-order valence-corrected chi connectivity index (χ4v) is 5.04. The van der Waals surface area contributed by atoms with E-state index in [1.54, 1.807) is 7.05 Å². The molecule has 128 valence electrons. The number of hydrogen-bond acceptors (Lipinski definition) is 2. The van der Waals surface area contributed by atoms with E-state index in [1.165, 1.54) is 22.0 Å². The Kier molecular flexibility index (Phi) is 3.09. The second kappa shape index (κ2) is 4.77. The second-order valence-corrected chi connectivity index (χ2v) is 7.59. The fraction of sp³-hybridized carbons (Fsp3) is 0.556. The molecule has 2 atom stereocenters. The largest absolute Gasteiger partial charge is 0.342 e. The van der Waals surface area contributed by atoms with Crippen LogP contribution in [-0.4, -0.2) is 21.2 Å². The molecule has 0 aliphatic heterocycles. The lowest BCUT2D eigenvalue weighted by atomic mass is 9.74. The van der Waals surface area contributed by atoms with Crippen LogP contribution in [0.25, 0.3) is 0 Å². The minimum Gasteiger partial charge on any atom is -0.342 e. The highest BCUT2D eigenvalue weighted by Gasteiger charge is 2.65. The summed E-state index contributed by atoms with van der Waals surface area (Å²) in [4.78, 5) is 12.9. The van der Waals surface area contributed by atoms with E-state index < -0.39 is 23.6 Å². The molecule has 2 bridgehead atoms. The molecule has 0 spiro atoms. The number of rotatable bonds is 3. The Balaban J connectivity index is 1.73. The lowest BCUT2D eigenvalue weighted by Gasteiger charge is -2.39. The number of aromatic nitrogens is 2. The summed E-state index contributed by atoms with van der Waals surface area (Å²) in [6.07, 6.45) is 5.79.